The molecule has 2 atom stereocenters. The van der Waals surface area contributed by atoms with Crippen molar-refractivity contribution in [3.8, 4) is 0 Å². The van der Waals surface area contributed by atoms with Crippen molar-refractivity contribution in [3.63, 3.8) is 0 Å². The predicted molar refractivity (Wildman–Crippen MR) is 82.8 cm³/mol. The Bertz CT molecular complexity index is 630. The van der Waals surface area contributed by atoms with Crippen molar-refractivity contribution < 1.29 is 4.39 Å². The highest BCUT2D eigenvalue weighted by Gasteiger charge is 2.33. The molecule has 0 amide bonds. The van der Waals surface area contributed by atoms with E-state index < -0.39 is 0 Å². The molecule has 1 saturated carbocycles. The van der Waals surface area contributed by atoms with Gasteiger partial charge in [-0.05, 0) is 54.0 Å². The monoisotopic (exact) mass is 281 g/mol. The van der Waals surface area contributed by atoms with Crippen LogP contribution in [0.2, 0.25) is 0 Å². The zero-order valence-corrected chi connectivity index (χ0v) is 12.1. The van der Waals surface area contributed by atoms with E-state index in [4.69, 9.17) is 0 Å². The standard InChI is InChI=1S/C19H20FN/c20-17-9-7-14(8-10-17)19(13-5-6-13)21-12-16-11-15-3-1-2-4-18(15)16/h1-4,7-10,13,16,19,21H,5-6,11-12H2. The van der Waals surface area contributed by atoms with Gasteiger partial charge >= 0.3 is 0 Å². The average Bonchev–Trinajstić information content (AvgIpc) is 3.30. The molecule has 2 aliphatic carbocycles. The molecule has 1 fully saturated rings. The van der Waals surface area contributed by atoms with Crippen molar-refractivity contribution in [1.82, 2.24) is 5.32 Å². The molecule has 0 heterocycles. The minimum atomic E-state index is -0.152. The van der Waals surface area contributed by atoms with E-state index in [-0.39, 0.29) is 5.82 Å². The third kappa shape index (κ3) is 2.60. The van der Waals surface area contributed by atoms with Crippen LogP contribution >= 0.6 is 0 Å². The van der Waals surface area contributed by atoms with Crippen LogP contribution in [-0.4, -0.2) is 6.54 Å². The van der Waals surface area contributed by atoms with E-state index in [1.807, 2.05) is 12.1 Å². The van der Waals surface area contributed by atoms with Gasteiger partial charge in [0.15, 0.2) is 0 Å². The van der Waals surface area contributed by atoms with E-state index in [2.05, 4.69) is 29.6 Å². The topological polar surface area (TPSA) is 12.0 Å². The highest BCUT2D eigenvalue weighted by molar-refractivity contribution is 5.40. The summed E-state index contributed by atoms with van der Waals surface area (Å²) in [7, 11) is 0. The molecular weight excluding hydrogens is 261 g/mol. The lowest BCUT2D eigenvalue weighted by molar-refractivity contribution is 0.436. The molecule has 2 heteroatoms. The van der Waals surface area contributed by atoms with Crippen molar-refractivity contribution >= 4 is 0 Å². The Morgan fingerprint density at radius 1 is 1.05 bits per heavy atom. The van der Waals surface area contributed by atoms with E-state index >= 15 is 0 Å². The molecule has 21 heavy (non-hydrogen) atoms. The lowest BCUT2D eigenvalue weighted by Crippen LogP contribution is -2.32. The van der Waals surface area contributed by atoms with Crippen molar-refractivity contribution in [2.24, 2.45) is 5.92 Å². The van der Waals surface area contributed by atoms with Gasteiger partial charge in [-0.2, -0.15) is 0 Å². The van der Waals surface area contributed by atoms with Gasteiger partial charge in [-0.25, -0.2) is 4.39 Å². The maximum Gasteiger partial charge on any atom is 0.123 e. The molecule has 0 bridgehead atoms. The largest absolute Gasteiger partial charge is 0.309 e. The summed E-state index contributed by atoms with van der Waals surface area (Å²) < 4.78 is 13.1. The number of nitrogens with one attached hydrogen (secondary N) is 1. The number of fused-ring (bicyclic) bond motifs is 1. The Labute approximate surface area is 125 Å². The Hall–Kier alpha value is -1.67. The normalized spacial score (nSPS) is 21.5. The molecule has 2 aliphatic rings. The lowest BCUT2D eigenvalue weighted by Gasteiger charge is -2.32. The fourth-order valence-electron chi connectivity index (χ4n) is 3.47. The second kappa shape index (κ2) is 5.27. The van der Waals surface area contributed by atoms with Crippen LogP contribution in [0.25, 0.3) is 0 Å². The number of hydrogen-bond acceptors (Lipinski definition) is 1. The van der Waals surface area contributed by atoms with E-state index in [1.165, 1.54) is 36.0 Å². The van der Waals surface area contributed by atoms with Crippen molar-refractivity contribution in [3.05, 3.63) is 71.0 Å². The van der Waals surface area contributed by atoms with E-state index in [1.54, 1.807) is 12.1 Å². The summed E-state index contributed by atoms with van der Waals surface area (Å²) in [4.78, 5) is 0. The third-order valence-corrected chi connectivity index (χ3v) is 4.87. The Morgan fingerprint density at radius 3 is 2.52 bits per heavy atom. The van der Waals surface area contributed by atoms with Crippen molar-refractivity contribution in [1.29, 1.82) is 0 Å². The Kier molecular flexibility index (Phi) is 3.27. The van der Waals surface area contributed by atoms with Gasteiger partial charge in [0.1, 0.15) is 5.82 Å². The average molecular weight is 281 g/mol. The summed E-state index contributed by atoms with van der Waals surface area (Å²) in [5, 5.41) is 3.74. The van der Waals surface area contributed by atoms with Gasteiger partial charge in [0, 0.05) is 18.5 Å². The Balaban J connectivity index is 1.44. The molecule has 4 rings (SSSR count). The maximum absolute atomic E-state index is 13.1. The molecule has 0 aliphatic heterocycles. The van der Waals surface area contributed by atoms with Gasteiger partial charge in [0.2, 0.25) is 0 Å². The quantitative estimate of drug-likeness (QED) is 0.866. The lowest BCUT2D eigenvalue weighted by atomic mass is 9.77. The first-order valence-electron chi connectivity index (χ1n) is 7.88. The predicted octanol–water partition coefficient (Wildman–Crippen LogP) is 4.21. The number of hydrogen-bond donors (Lipinski definition) is 1. The molecule has 0 saturated heterocycles. The van der Waals surface area contributed by atoms with Gasteiger partial charge in [-0.3, -0.25) is 0 Å². The second-order valence-corrected chi connectivity index (χ2v) is 6.37. The summed E-state index contributed by atoms with van der Waals surface area (Å²) >= 11 is 0. The molecule has 2 unspecified atom stereocenters. The summed E-state index contributed by atoms with van der Waals surface area (Å²) in [6.07, 6.45) is 3.76. The summed E-state index contributed by atoms with van der Waals surface area (Å²) in [6, 6.07) is 16.1. The molecule has 0 radical (unpaired) electrons. The van der Waals surface area contributed by atoms with Gasteiger partial charge in [0.05, 0.1) is 0 Å². The molecule has 0 aromatic heterocycles. The molecule has 108 valence electrons. The molecule has 0 spiro atoms. The van der Waals surface area contributed by atoms with Crippen LogP contribution in [-0.2, 0) is 6.42 Å². The first kappa shape index (κ1) is 13.0. The Morgan fingerprint density at radius 2 is 1.81 bits per heavy atom. The summed E-state index contributed by atoms with van der Waals surface area (Å²) in [5.74, 6) is 1.22. The summed E-state index contributed by atoms with van der Waals surface area (Å²) in [6.45, 7) is 1.02. The minimum absolute atomic E-state index is 0.152. The van der Waals surface area contributed by atoms with Crippen LogP contribution in [0.3, 0.4) is 0 Å². The van der Waals surface area contributed by atoms with Crippen molar-refractivity contribution in [2.45, 2.75) is 31.2 Å². The first-order valence-corrected chi connectivity index (χ1v) is 7.88. The molecule has 1 N–H and O–H groups in total. The third-order valence-electron chi connectivity index (χ3n) is 4.87. The van der Waals surface area contributed by atoms with Gasteiger partial charge in [-0.15, -0.1) is 0 Å². The highest BCUT2D eigenvalue weighted by Crippen LogP contribution is 2.42. The summed E-state index contributed by atoms with van der Waals surface area (Å²) in [5.41, 5.74) is 4.22. The van der Waals surface area contributed by atoms with E-state index in [9.17, 15) is 4.39 Å². The highest BCUT2D eigenvalue weighted by atomic mass is 19.1. The SMILES string of the molecule is Fc1ccc(C(NCC2Cc3ccccc32)C2CC2)cc1. The zero-order chi connectivity index (χ0) is 14.2. The number of halogens is 1. The van der Waals surface area contributed by atoms with Crippen LogP contribution in [0, 0.1) is 11.7 Å². The smallest absolute Gasteiger partial charge is 0.123 e. The van der Waals surface area contributed by atoms with Gasteiger partial charge in [-0.1, -0.05) is 36.4 Å². The number of rotatable bonds is 5. The molecule has 2 aromatic rings. The van der Waals surface area contributed by atoms with E-state index in [0.29, 0.717) is 12.0 Å². The minimum Gasteiger partial charge on any atom is -0.309 e. The van der Waals surface area contributed by atoms with Crippen LogP contribution in [0.5, 0.6) is 0 Å². The van der Waals surface area contributed by atoms with Crippen molar-refractivity contribution in [2.75, 3.05) is 6.54 Å². The molecule has 1 nitrogen and oxygen atoms in total. The van der Waals surface area contributed by atoms with Gasteiger partial charge in [0.25, 0.3) is 0 Å². The van der Waals surface area contributed by atoms with Crippen LogP contribution in [0.1, 0.15) is 41.5 Å². The van der Waals surface area contributed by atoms with Crippen LogP contribution < -0.4 is 5.32 Å². The fourth-order valence-corrected chi connectivity index (χ4v) is 3.47. The first-order chi connectivity index (χ1) is 10.3. The number of benzene rings is 2. The molecular formula is C19H20FN. The van der Waals surface area contributed by atoms with Gasteiger partial charge < -0.3 is 5.32 Å². The molecule has 2 aromatic carbocycles. The zero-order valence-electron chi connectivity index (χ0n) is 12.1. The van der Waals surface area contributed by atoms with Crippen LogP contribution in [0.4, 0.5) is 4.39 Å². The second-order valence-electron chi connectivity index (χ2n) is 6.37. The van der Waals surface area contributed by atoms with E-state index in [0.717, 1.165) is 12.5 Å². The fraction of sp³-hybridized carbons (Fsp3) is 0.368. The maximum atomic E-state index is 13.1. The van der Waals surface area contributed by atoms with Crippen LogP contribution in [0.15, 0.2) is 48.5 Å².